The van der Waals surface area contributed by atoms with Crippen molar-refractivity contribution in [2.24, 2.45) is 0 Å². The Morgan fingerprint density at radius 1 is 1.07 bits per heavy atom. The first-order valence-corrected chi connectivity index (χ1v) is 8.43. The Balaban J connectivity index is 1.84. The molecule has 0 aliphatic rings. The number of halogens is 4. The van der Waals surface area contributed by atoms with Crippen molar-refractivity contribution >= 4 is 23.5 Å². The number of carbonyl (C=O) groups excluding carboxylic acids is 1. The molecule has 1 heterocycles. The van der Waals surface area contributed by atoms with Crippen molar-refractivity contribution in [3.8, 4) is 0 Å². The molecule has 0 unspecified atom stereocenters. The molecule has 2 rings (SSSR count). The maximum atomic E-state index is 13.3. The minimum atomic E-state index is -4.71. The highest BCUT2D eigenvalue weighted by molar-refractivity contribution is 5.89. The molecule has 0 radical (unpaired) electrons. The van der Waals surface area contributed by atoms with Crippen LogP contribution in [0.2, 0.25) is 0 Å². The van der Waals surface area contributed by atoms with E-state index in [1.165, 1.54) is 0 Å². The summed E-state index contributed by atoms with van der Waals surface area (Å²) in [5, 5.41) is 10.6. The third-order valence-corrected chi connectivity index (χ3v) is 3.39. The van der Waals surface area contributed by atoms with E-state index in [9.17, 15) is 22.4 Å². The summed E-state index contributed by atoms with van der Waals surface area (Å²) in [4.78, 5) is 20.2. The van der Waals surface area contributed by atoms with Crippen LogP contribution in [0.5, 0.6) is 0 Å². The van der Waals surface area contributed by atoms with E-state index >= 15 is 0 Å². The van der Waals surface area contributed by atoms with E-state index in [0.717, 1.165) is 11.8 Å². The Hall–Kier alpha value is -3.11. The molecule has 0 fully saturated rings. The number of hydrogen-bond acceptors (Lipinski definition) is 5. The molecule has 28 heavy (non-hydrogen) atoms. The molecule has 11 heteroatoms. The molecule has 2 amide bonds. The maximum absolute atomic E-state index is 13.3. The smallest absolute Gasteiger partial charge is 0.370 e. The molecule has 7 nitrogen and oxygen atoms in total. The van der Waals surface area contributed by atoms with Crippen molar-refractivity contribution in [2.75, 3.05) is 35.6 Å². The van der Waals surface area contributed by atoms with E-state index in [1.807, 2.05) is 13.8 Å². The van der Waals surface area contributed by atoms with Crippen LogP contribution in [-0.2, 0) is 6.18 Å². The molecular weight excluding hydrogens is 380 g/mol. The van der Waals surface area contributed by atoms with E-state index < -0.39 is 23.6 Å². The number of aryl methyl sites for hydroxylation is 1. The van der Waals surface area contributed by atoms with Gasteiger partial charge in [0.25, 0.3) is 0 Å². The van der Waals surface area contributed by atoms with Crippen molar-refractivity contribution < 1.29 is 22.4 Å². The van der Waals surface area contributed by atoms with Gasteiger partial charge in [-0.3, -0.25) is 0 Å². The van der Waals surface area contributed by atoms with Gasteiger partial charge in [-0.15, -0.1) is 0 Å². The van der Waals surface area contributed by atoms with Gasteiger partial charge < -0.3 is 21.3 Å². The average molecular weight is 400 g/mol. The summed E-state index contributed by atoms with van der Waals surface area (Å²) in [5.41, 5.74) is -0.724. The van der Waals surface area contributed by atoms with E-state index in [-0.39, 0.29) is 18.8 Å². The lowest BCUT2D eigenvalue weighted by molar-refractivity contribution is -0.137. The summed E-state index contributed by atoms with van der Waals surface area (Å²) in [5.74, 6) is -0.0623. The standard InChI is InChI=1S/C17H20F4N6O/c1-3-22-14-6-10(2)25-15(27-14)23-4-5-24-16(28)26-13-8-11(17(19,20)21)7-12(18)9-13/h6-9H,3-5H2,1-2H3,(H2,24,26,28)(H2,22,23,25,27). The zero-order valence-electron chi connectivity index (χ0n) is 15.2. The zero-order chi connectivity index (χ0) is 20.7. The number of rotatable bonds is 7. The minimum absolute atomic E-state index is 0.140. The predicted molar refractivity (Wildman–Crippen MR) is 97.8 cm³/mol. The van der Waals surface area contributed by atoms with Gasteiger partial charge >= 0.3 is 12.2 Å². The van der Waals surface area contributed by atoms with Crippen LogP contribution >= 0.6 is 0 Å². The number of amides is 2. The number of benzene rings is 1. The normalized spacial score (nSPS) is 11.1. The summed E-state index contributed by atoms with van der Waals surface area (Å²) >= 11 is 0. The molecule has 0 aliphatic heterocycles. The fourth-order valence-electron chi connectivity index (χ4n) is 2.27. The van der Waals surface area contributed by atoms with E-state index in [2.05, 4.69) is 31.2 Å². The lowest BCUT2D eigenvalue weighted by Gasteiger charge is -2.12. The fraction of sp³-hybridized carbons (Fsp3) is 0.353. The van der Waals surface area contributed by atoms with E-state index in [1.54, 1.807) is 6.07 Å². The Labute approximate surface area is 159 Å². The Kier molecular flexibility index (Phi) is 6.96. The molecular formula is C17H20F4N6O. The van der Waals surface area contributed by atoms with Gasteiger partial charge in [-0.2, -0.15) is 18.2 Å². The number of nitrogens with one attached hydrogen (secondary N) is 4. The number of nitrogens with zero attached hydrogens (tertiary/aromatic N) is 2. The van der Waals surface area contributed by atoms with Crippen molar-refractivity contribution in [1.29, 1.82) is 0 Å². The van der Waals surface area contributed by atoms with Gasteiger partial charge in [0.1, 0.15) is 11.6 Å². The van der Waals surface area contributed by atoms with Crippen LogP contribution in [0.1, 0.15) is 18.2 Å². The number of hydrogen-bond donors (Lipinski definition) is 4. The second kappa shape index (κ2) is 9.20. The van der Waals surface area contributed by atoms with Crippen LogP contribution in [0.25, 0.3) is 0 Å². The number of urea groups is 1. The number of carbonyl (C=O) groups is 1. The van der Waals surface area contributed by atoms with Gasteiger partial charge in [0.05, 0.1) is 5.56 Å². The first-order chi connectivity index (χ1) is 13.2. The van der Waals surface area contributed by atoms with Crippen molar-refractivity contribution in [3.63, 3.8) is 0 Å². The lowest BCUT2D eigenvalue weighted by Crippen LogP contribution is -2.33. The van der Waals surface area contributed by atoms with Gasteiger partial charge in [-0.1, -0.05) is 0 Å². The molecule has 0 saturated carbocycles. The highest BCUT2D eigenvalue weighted by atomic mass is 19.4. The van der Waals surface area contributed by atoms with Crippen LogP contribution in [0, 0.1) is 12.7 Å². The highest BCUT2D eigenvalue weighted by Gasteiger charge is 2.31. The highest BCUT2D eigenvalue weighted by Crippen LogP contribution is 2.31. The van der Waals surface area contributed by atoms with Gasteiger partial charge in [0.15, 0.2) is 0 Å². The third kappa shape index (κ3) is 6.56. The van der Waals surface area contributed by atoms with E-state index in [4.69, 9.17) is 0 Å². The van der Waals surface area contributed by atoms with Crippen molar-refractivity contribution in [3.05, 3.63) is 41.3 Å². The van der Waals surface area contributed by atoms with Crippen LogP contribution in [0.15, 0.2) is 24.3 Å². The maximum Gasteiger partial charge on any atom is 0.416 e. The van der Waals surface area contributed by atoms with Crippen LogP contribution < -0.4 is 21.3 Å². The molecule has 0 aliphatic carbocycles. The Bertz CT molecular complexity index is 828. The quantitative estimate of drug-likeness (QED) is 0.421. The minimum Gasteiger partial charge on any atom is -0.370 e. The predicted octanol–water partition coefficient (Wildman–Crippen LogP) is 3.61. The van der Waals surface area contributed by atoms with Gasteiger partial charge in [0, 0.05) is 37.1 Å². The average Bonchev–Trinajstić information content (AvgIpc) is 2.57. The summed E-state index contributed by atoms with van der Waals surface area (Å²) in [6.45, 7) is 4.87. The summed E-state index contributed by atoms with van der Waals surface area (Å²) in [7, 11) is 0. The number of anilines is 3. The largest absolute Gasteiger partial charge is 0.416 e. The second-order valence-corrected chi connectivity index (χ2v) is 5.78. The summed E-state index contributed by atoms with van der Waals surface area (Å²) < 4.78 is 51.4. The first kappa shape index (κ1) is 21.2. The molecule has 0 saturated heterocycles. The first-order valence-electron chi connectivity index (χ1n) is 8.43. The molecule has 1 aromatic carbocycles. The summed E-state index contributed by atoms with van der Waals surface area (Å²) in [6, 6.07) is 2.84. The molecule has 0 atom stereocenters. The third-order valence-electron chi connectivity index (χ3n) is 3.39. The van der Waals surface area contributed by atoms with Crippen molar-refractivity contribution in [2.45, 2.75) is 20.0 Å². The topological polar surface area (TPSA) is 91.0 Å². The Morgan fingerprint density at radius 2 is 1.82 bits per heavy atom. The molecule has 4 N–H and O–H groups in total. The molecule has 2 aromatic rings. The number of alkyl halides is 3. The molecule has 0 bridgehead atoms. The SMILES string of the molecule is CCNc1cc(C)nc(NCCNC(=O)Nc2cc(F)cc(C(F)(F)F)c2)n1. The van der Waals surface area contributed by atoms with Crippen LogP contribution in [0.3, 0.4) is 0 Å². The van der Waals surface area contributed by atoms with E-state index in [0.29, 0.717) is 30.4 Å². The fourth-order valence-corrected chi connectivity index (χ4v) is 2.27. The number of aromatic nitrogens is 2. The van der Waals surface area contributed by atoms with Crippen LogP contribution in [0.4, 0.5) is 39.8 Å². The lowest BCUT2D eigenvalue weighted by atomic mass is 10.2. The monoisotopic (exact) mass is 400 g/mol. The van der Waals surface area contributed by atoms with Gasteiger partial charge in [0.2, 0.25) is 5.95 Å². The van der Waals surface area contributed by atoms with Gasteiger partial charge in [-0.25, -0.2) is 14.2 Å². The molecule has 152 valence electrons. The second-order valence-electron chi connectivity index (χ2n) is 5.78. The van der Waals surface area contributed by atoms with Gasteiger partial charge in [-0.05, 0) is 32.0 Å². The van der Waals surface area contributed by atoms with Crippen molar-refractivity contribution in [1.82, 2.24) is 15.3 Å². The Morgan fingerprint density at radius 3 is 2.50 bits per heavy atom. The zero-order valence-corrected chi connectivity index (χ0v) is 15.2. The van der Waals surface area contributed by atoms with Crippen LogP contribution in [-0.4, -0.2) is 35.6 Å². The summed E-state index contributed by atoms with van der Waals surface area (Å²) in [6.07, 6.45) is -4.71. The molecule has 1 aromatic heterocycles. The molecule has 0 spiro atoms.